The van der Waals surface area contributed by atoms with E-state index < -0.39 is 11.7 Å². The first-order valence-electron chi connectivity index (χ1n) is 9.81. The van der Waals surface area contributed by atoms with E-state index in [0.717, 1.165) is 11.6 Å². The third-order valence-electron chi connectivity index (χ3n) is 5.08. The average Bonchev–Trinajstić information content (AvgIpc) is 2.75. The summed E-state index contributed by atoms with van der Waals surface area (Å²) in [5.74, 6) is 0.825. The minimum Gasteiger partial charge on any atom is -0.393 e. The van der Waals surface area contributed by atoms with Crippen LogP contribution < -0.4 is 10.2 Å². The van der Waals surface area contributed by atoms with E-state index in [4.69, 9.17) is 11.6 Å². The Morgan fingerprint density at radius 3 is 2.39 bits per heavy atom. The predicted octanol–water partition coefficient (Wildman–Crippen LogP) is 5.52. The van der Waals surface area contributed by atoms with E-state index in [9.17, 15) is 18.3 Å². The Morgan fingerprint density at radius 2 is 1.71 bits per heavy atom. The predicted molar refractivity (Wildman–Crippen MR) is 115 cm³/mol. The van der Waals surface area contributed by atoms with Gasteiger partial charge in [-0.2, -0.15) is 18.2 Å². The lowest BCUT2D eigenvalue weighted by Gasteiger charge is -2.30. The normalized spacial score (nSPS) is 15.2. The molecular formula is C22H20ClF3N4O. The first kappa shape index (κ1) is 21.4. The summed E-state index contributed by atoms with van der Waals surface area (Å²) in [5.41, 5.74) is 0.804. The van der Waals surface area contributed by atoms with E-state index >= 15 is 0 Å². The lowest BCUT2D eigenvalue weighted by atomic mass is 10.1. The van der Waals surface area contributed by atoms with Crippen molar-refractivity contribution in [3.8, 4) is 11.3 Å². The zero-order valence-electron chi connectivity index (χ0n) is 16.4. The summed E-state index contributed by atoms with van der Waals surface area (Å²) in [7, 11) is 0. The first-order chi connectivity index (χ1) is 14.8. The zero-order chi connectivity index (χ0) is 22.0. The molecule has 1 aliphatic heterocycles. The fourth-order valence-corrected chi connectivity index (χ4v) is 3.66. The molecule has 0 saturated carbocycles. The lowest BCUT2D eigenvalue weighted by molar-refractivity contribution is -0.137. The molecule has 31 heavy (non-hydrogen) atoms. The largest absolute Gasteiger partial charge is 0.417 e. The number of aromatic nitrogens is 2. The van der Waals surface area contributed by atoms with Gasteiger partial charge in [0.1, 0.15) is 5.82 Å². The first-order valence-corrected chi connectivity index (χ1v) is 10.2. The van der Waals surface area contributed by atoms with Crippen molar-refractivity contribution in [3.63, 3.8) is 0 Å². The third kappa shape index (κ3) is 5.08. The maximum atomic E-state index is 13.2. The molecule has 0 radical (unpaired) electrons. The standard InChI is InChI=1S/C22H20ClF3N4O/c23-18-7-6-15(12-17(18)22(24,25)26)27-20-13-19(14-4-2-1-3-5-14)28-21(29-20)30-10-8-16(31)9-11-30/h1-7,12-13,16,31H,8-11H2,(H,27,28,29). The zero-order valence-corrected chi connectivity index (χ0v) is 17.2. The number of halogens is 4. The fourth-order valence-electron chi connectivity index (χ4n) is 3.43. The molecule has 0 atom stereocenters. The Morgan fingerprint density at radius 1 is 1.00 bits per heavy atom. The molecule has 1 saturated heterocycles. The van der Waals surface area contributed by atoms with Crippen molar-refractivity contribution in [1.82, 2.24) is 9.97 Å². The van der Waals surface area contributed by atoms with Crippen molar-refractivity contribution in [3.05, 3.63) is 65.2 Å². The Hall–Kier alpha value is -2.84. The van der Waals surface area contributed by atoms with Gasteiger partial charge in [-0.3, -0.25) is 0 Å². The lowest BCUT2D eigenvalue weighted by Crippen LogP contribution is -2.37. The second kappa shape index (κ2) is 8.72. The fraction of sp³-hybridized carbons (Fsp3) is 0.273. The Bertz CT molecular complexity index is 1050. The monoisotopic (exact) mass is 448 g/mol. The van der Waals surface area contributed by atoms with Crippen molar-refractivity contribution in [2.75, 3.05) is 23.3 Å². The van der Waals surface area contributed by atoms with Gasteiger partial charge in [-0.1, -0.05) is 41.9 Å². The average molecular weight is 449 g/mol. The number of aliphatic hydroxyl groups excluding tert-OH is 1. The second-order valence-electron chi connectivity index (χ2n) is 7.34. The topological polar surface area (TPSA) is 61.3 Å². The summed E-state index contributed by atoms with van der Waals surface area (Å²) in [5, 5.41) is 12.4. The van der Waals surface area contributed by atoms with Crippen LogP contribution in [0.2, 0.25) is 5.02 Å². The van der Waals surface area contributed by atoms with Gasteiger partial charge >= 0.3 is 6.18 Å². The van der Waals surface area contributed by atoms with Crippen LogP contribution in [0.5, 0.6) is 0 Å². The van der Waals surface area contributed by atoms with Crippen molar-refractivity contribution in [1.29, 1.82) is 0 Å². The van der Waals surface area contributed by atoms with Gasteiger partial charge < -0.3 is 15.3 Å². The summed E-state index contributed by atoms with van der Waals surface area (Å²) < 4.78 is 39.7. The SMILES string of the molecule is OC1CCN(c2nc(Nc3ccc(Cl)c(C(F)(F)F)c3)cc(-c3ccccc3)n2)CC1. The molecule has 1 aliphatic rings. The number of nitrogens with one attached hydrogen (secondary N) is 1. The van der Waals surface area contributed by atoms with E-state index in [1.165, 1.54) is 12.1 Å². The number of nitrogens with zero attached hydrogens (tertiary/aromatic N) is 3. The van der Waals surface area contributed by atoms with Crippen LogP contribution >= 0.6 is 11.6 Å². The second-order valence-corrected chi connectivity index (χ2v) is 7.75. The molecule has 0 aliphatic carbocycles. The van der Waals surface area contributed by atoms with E-state index in [1.54, 1.807) is 6.07 Å². The van der Waals surface area contributed by atoms with E-state index in [0.29, 0.717) is 43.4 Å². The van der Waals surface area contributed by atoms with Crippen LogP contribution in [0.1, 0.15) is 18.4 Å². The smallest absolute Gasteiger partial charge is 0.393 e. The van der Waals surface area contributed by atoms with Crippen molar-refractivity contribution >= 4 is 29.1 Å². The maximum Gasteiger partial charge on any atom is 0.417 e. The molecule has 1 fully saturated rings. The van der Waals surface area contributed by atoms with Crippen LogP contribution in [0.3, 0.4) is 0 Å². The van der Waals surface area contributed by atoms with Crippen LogP contribution in [-0.2, 0) is 6.18 Å². The van der Waals surface area contributed by atoms with Crippen molar-refractivity contribution in [2.24, 2.45) is 0 Å². The molecule has 0 bridgehead atoms. The number of rotatable bonds is 4. The van der Waals surface area contributed by atoms with E-state index in [2.05, 4.69) is 15.3 Å². The number of piperidine rings is 1. The highest BCUT2D eigenvalue weighted by Gasteiger charge is 2.33. The molecule has 4 rings (SSSR count). The Kier molecular flexibility index (Phi) is 6.02. The number of anilines is 3. The van der Waals surface area contributed by atoms with Gasteiger partial charge in [0.05, 0.1) is 22.4 Å². The molecule has 162 valence electrons. The summed E-state index contributed by atoms with van der Waals surface area (Å²) in [6.45, 7) is 1.19. The molecule has 0 amide bonds. The number of alkyl halides is 3. The van der Waals surface area contributed by atoms with Crippen molar-refractivity contribution in [2.45, 2.75) is 25.1 Å². The number of benzene rings is 2. The number of aliphatic hydroxyl groups is 1. The highest BCUT2D eigenvalue weighted by atomic mass is 35.5. The molecular weight excluding hydrogens is 429 g/mol. The van der Waals surface area contributed by atoms with Gasteiger partial charge in [0.25, 0.3) is 0 Å². The molecule has 1 aromatic heterocycles. The summed E-state index contributed by atoms with van der Waals surface area (Å²) >= 11 is 5.73. The number of hydrogen-bond acceptors (Lipinski definition) is 5. The minimum absolute atomic E-state index is 0.217. The third-order valence-corrected chi connectivity index (χ3v) is 5.40. The van der Waals surface area contributed by atoms with Crippen LogP contribution in [0, 0.1) is 0 Å². The highest BCUT2D eigenvalue weighted by molar-refractivity contribution is 6.31. The van der Waals surface area contributed by atoms with Gasteiger partial charge in [-0.15, -0.1) is 0 Å². The van der Waals surface area contributed by atoms with Crippen LogP contribution in [-0.4, -0.2) is 34.3 Å². The summed E-state index contributed by atoms with van der Waals surface area (Å²) in [4.78, 5) is 11.1. The molecule has 0 unspecified atom stereocenters. The maximum absolute atomic E-state index is 13.2. The van der Waals surface area contributed by atoms with Crippen LogP contribution in [0.4, 0.5) is 30.6 Å². The quantitative estimate of drug-likeness (QED) is 0.550. The van der Waals surface area contributed by atoms with Crippen molar-refractivity contribution < 1.29 is 18.3 Å². The number of hydrogen-bond donors (Lipinski definition) is 2. The van der Waals surface area contributed by atoms with Gasteiger partial charge in [-0.05, 0) is 31.0 Å². The van der Waals surface area contributed by atoms with E-state index in [-0.39, 0.29) is 16.8 Å². The molecule has 0 spiro atoms. The van der Waals surface area contributed by atoms with Gasteiger partial charge in [0.2, 0.25) is 5.95 Å². The summed E-state index contributed by atoms with van der Waals surface area (Å²) in [6, 6.07) is 14.8. The minimum atomic E-state index is -4.56. The van der Waals surface area contributed by atoms with Gasteiger partial charge in [-0.25, -0.2) is 4.98 Å². The molecule has 2 aromatic carbocycles. The summed E-state index contributed by atoms with van der Waals surface area (Å²) in [6.07, 6.45) is -3.70. The molecule has 5 nitrogen and oxygen atoms in total. The van der Waals surface area contributed by atoms with E-state index in [1.807, 2.05) is 35.2 Å². The highest BCUT2D eigenvalue weighted by Crippen LogP contribution is 2.37. The van der Waals surface area contributed by atoms with Crippen LogP contribution in [0.25, 0.3) is 11.3 Å². The van der Waals surface area contributed by atoms with Crippen LogP contribution in [0.15, 0.2) is 54.6 Å². The molecule has 3 aromatic rings. The van der Waals surface area contributed by atoms with Gasteiger partial charge in [0, 0.05) is 30.4 Å². The molecule has 9 heteroatoms. The Labute approximate surface area is 182 Å². The molecule has 2 heterocycles. The molecule has 2 N–H and O–H groups in total. The Balaban J connectivity index is 1.71. The van der Waals surface area contributed by atoms with Gasteiger partial charge in [0.15, 0.2) is 0 Å².